The maximum atomic E-state index is 10.7. The Kier molecular flexibility index (Phi) is 3.61. The van der Waals surface area contributed by atoms with Crippen LogP contribution in [0.3, 0.4) is 0 Å². The maximum absolute atomic E-state index is 10.7. The topological polar surface area (TPSA) is 52.3 Å². The van der Waals surface area contributed by atoms with Gasteiger partial charge in [0.2, 0.25) is 0 Å². The summed E-state index contributed by atoms with van der Waals surface area (Å²) in [5.74, 6) is -0.202. The summed E-state index contributed by atoms with van der Waals surface area (Å²) >= 11 is 11.5. The summed E-state index contributed by atoms with van der Waals surface area (Å²) in [7, 11) is 0. The quantitative estimate of drug-likeness (QED) is 0.871. The third-order valence-electron chi connectivity index (χ3n) is 1.60. The molecule has 5 heteroatoms. The molecule has 1 aromatic rings. The van der Waals surface area contributed by atoms with Crippen LogP contribution < -0.4 is 10.5 Å². The van der Waals surface area contributed by atoms with Crippen LogP contribution in [0.25, 0.3) is 0 Å². The van der Waals surface area contributed by atoms with Gasteiger partial charge in [0.25, 0.3) is 5.91 Å². The van der Waals surface area contributed by atoms with Crippen LogP contribution in [0.15, 0.2) is 18.2 Å². The lowest BCUT2D eigenvalue weighted by Gasteiger charge is -2.12. The molecule has 1 atom stereocenters. The first-order valence-corrected chi connectivity index (χ1v) is 4.67. The number of halogens is 2. The number of benzene rings is 1. The van der Waals surface area contributed by atoms with Crippen LogP contribution >= 0.6 is 23.2 Å². The summed E-state index contributed by atoms with van der Waals surface area (Å²) in [6.45, 7) is 1.54. The number of carbonyl (C=O) groups excluding carboxylic acids is 1. The fourth-order valence-electron chi connectivity index (χ4n) is 0.816. The molecule has 0 bridgehead atoms. The van der Waals surface area contributed by atoms with Gasteiger partial charge in [0.15, 0.2) is 6.10 Å². The Bertz CT molecular complexity index is 355. The molecule has 0 aliphatic heterocycles. The number of carbonyl (C=O) groups is 1. The second-order valence-corrected chi connectivity index (χ2v) is 3.58. The smallest absolute Gasteiger partial charge is 0.258 e. The van der Waals surface area contributed by atoms with Crippen LogP contribution in [0, 0.1) is 0 Å². The average Bonchev–Trinajstić information content (AvgIpc) is 2.11. The minimum atomic E-state index is -0.731. The second-order valence-electron chi connectivity index (χ2n) is 2.74. The molecule has 0 aliphatic rings. The van der Waals surface area contributed by atoms with Crippen molar-refractivity contribution in [2.24, 2.45) is 5.73 Å². The number of hydrogen-bond acceptors (Lipinski definition) is 2. The zero-order valence-corrected chi connectivity index (χ0v) is 8.97. The van der Waals surface area contributed by atoms with Crippen molar-refractivity contribution in [3.05, 3.63) is 28.2 Å². The number of nitrogens with two attached hydrogens (primary N) is 1. The molecule has 0 aliphatic carbocycles. The van der Waals surface area contributed by atoms with E-state index in [0.717, 1.165) is 0 Å². The highest BCUT2D eigenvalue weighted by molar-refractivity contribution is 6.34. The van der Waals surface area contributed by atoms with Crippen molar-refractivity contribution in [3.63, 3.8) is 0 Å². The summed E-state index contributed by atoms with van der Waals surface area (Å²) in [6, 6.07) is 4.75. The van der Waals surface area contributed by atoms with Crippen molar-refractivity contribution in [2.75, 3.05) is 0 Å². The van der Waals surface area contributed by atoms with Crippen molar-refractivity contribution < 1.29 is 9.53 Å². The van der Waals surface area contributed by atoms with Crippen molar-refractivity contribution in [1.29, 1.82) is 0 Å². The number of ether oxygens (including phenoxy) is 1. The molecule has 0 unspecified atom stereocenters. The molecule has 1 aromatic carbocycles. The van der Waals surface area contributed by atoms with Crippen molar-refractivity contribution in [1.82, 2.24) is 0 Å². The van der Waals surface area contributed by atoms with Crippen LogP contribution in [0.1, 0.15) is 6.92 Å². The molecule has 76 valence electrons. The Labute approximate surface area is 91.7 Å². The van der Waals surface area contributed by atoms with Gasteiger partial charge in [-0.05, 0) is 19.1 Å². The minimum absolute atomic E-state index is 0.352. The van der Waals surface area contributed by atoms with Gasteiger partial charge in [0.05, 0.1) is 5.02 Å². The lowest BCUT2D eigenvalue weighted by Crippen LogP contribution is -2.30. The molecule has 2 N–H and O–H groups in total. The van der Waals surface area contributed by atoms with Crippen molar-refractivity contribution in [2.45, 2.75) is 13.0 Å². The van der Waals surface area contributed by atoms with E-state index in [0.29, 0.717) is 15.8 Å². The molecular weight excluding hydrogens is 225 g/mol. The summed E-state index contributed by atoms with van der Waals surface area (Å²) < 4.78 is 5.20. The molecule has 0 saturated carbocycles. The van der Waals surface area contributed by atoms with Gasteiger partial charge >= 0.3 is 0 Å². The Morgan fingerprint density at radius 1 is 1.50 bits per heavy atom. The van der Waals surface area contributed by atoms with Gasteiger partial charge in [0, 0.05) is 11.1 Å². The van der Waals surface area contributed by atoms with Gasteiger partial charge in [-0.25, -0.2) is 0 Å². The molecule has 3 nitrogen and oxygen atoms in total. The van der Waals surface area contributed by atoms with Crippen LogP contribution in [0.4, 0.5) is 0 Å². The van der Waals surface area contributed by atoms with Crippen LogP contribution in [0.2, 0.25) is 10.0 Å². The highest BCUT2D eigenvalue weighted by Crippen LogP contribution is 2.28. The first kappa shape index (κ1) is 11.1. The SMILES string of the molecule is C[C@H](Oc1cc(Cl)ccc1Cl)C(N)=O. The molecule has 0 aromatic heterocycles. The summed E-state index contributed by atoms with van der Waals surface area (Å²) in [6.07, 6.45) is -0.731. The standard InChI is InChI=1S/C9H9Cl2NO2/c1-5(9(12)13)14-8-4-6(10)2-3-7(8)11/h2-5H,1H3,(H2,12,13)/t5-/m0/s1. The van der Waals surface area contributed by atoms with Crippen molar-refractivity contribution >= 4 is 29.1 Å². The molecule has 1 amide bonds. The van der Waals surface area contributed by atoms with Crippen LogP contribution in [0.5, 0.6) is 5.75 Å². The summed E-state index contributed by atoms with van der Waals surface area (Å²) in [4.78, 5) is 10.7. The highest BCUT2D eigenvalue weighted by atomic mass is 35.5. The zero-order valence-electron chi connectivity index (χ0n) is 7.46. The number of rotatable bonds is 3. The molecule has 0 heterocycles. The zero-order chi connectivity index (χ0) is 10.7. The van der Waals surface area contributed by atoms with E-state index < -0.39 is 12.0 Å². The van der Waals surface area contributed by atoms with E-state index >= 15 is 0 Å². The molecule has 14 heavy (non-hydrogen) atoms. The lowest BCUT2D eigenvalue weighted by molar-refractivity contribution is -0.123. The van der Waals surface area contributed by atoms with E-state index in [1.165, 1.54) is 6.07 Å². The van der Waals surface area contributed by atoms with E-state index in [4.69, 9.17) is 33.7 Å². The van der Waals surface area contributed by atoms with Gasteiger partial charge in [-0.15, -0.1) is 0 Å². The first-order valence-electron chi connectivity index (χ1n) is 3.91. The third-order valence-corrected chi connectivity index (χ3v) is 2.15. The maximum Gasteiger partial charge on any atom is 0.258 e. The first-order chi connectivity index (χ1) is 6.50. The van der Waals surface area contributed by atoms with Gasteiger partial charge in [-0.2, -0.15) is 0 Å². The third kappa shape index (κ3) is 2.79. The molecule has 0 fully saturated rings. The van der Waals surface area contributed by atoms with E-state index in [2.05, 4.69) is 0 Å². The van der Waals surface area contributed by atoms with E-state index in [9.17, 15) is 4.79 Å². The van der Waals surface area contributed by atoms with Crippen LogP contribution in [-0.4, -0.2) is 12.0 Å². The van der Waals surface area contributed by atoms with Crippen molar-refractivity contribution in [3.8, 4) is 5.75 Å². The van der Waals surface area contributed by atoms with E-state index in [1.807, 2.05) is 0 Å². The molecular formula is C9H9Cl2NO2. The average molecular weight is 234 g/mol. The fourth-order valence-corrected chi connectivity index (χ4v) is 1.14. The Morgan fingerprint density at radius 2 is 2.14 bits per heavy atom. The van der Waals surface area contributed by atoms with Crippen LogP contribution in [-0.2, 0) is 4.79 Å². The Balaban J connectivity index is 2.85. The normalized spacial score (nSPS) is 12.2. The summed E-state index contributed by atoms with van der Waals surface area (Å²) in [5, 5.41) is 0.878. The van der Waals surface area contributed by atoms with E-state index in [-0.39, 0.29) is 0 Å². The predicted octanol–water partition coefficient (Wildman–Crippen LogP) is 2.25. The van der Waals surface area contributed by atoms with E-state index in [1.54, 1.807) is 19.1 Å². The van der Waals surface area contributed by atoms with Gasteiger partial charge < -0.3 is 10.5 Å². The lowest BCUT2D eigenvalue weighted by atomic mass is 10.3. The molecule has 1 rings (SSSR count). The molecule has 0 spiro atoms. The van der Waals surface area contributed by atoms with Gasteiger partial charge in [-0.3, -0.25) is 4.79 Å². The Hall–Kier alpha value is -0.930. The molecule has 0 saturated heterocycles. The Morgan fingerprint density at radius 3 is 2.71 bits per heavy atom. The number of primary amides is 1. The van der Waals surface area contributed by atoms with Gasteiger partial charge in [-0.1, -0.05) is 23.2 Å². The summed E-state index contributed by atoms with van der Waals surface area (Å²) in [5.41, 5.74) is 5.03. The number of hydrogen-bond donors (Lipinski definition) is 1. The second kappa shape index (κ2) is 4.53. The fraction of sp³-hybridized carbons (Fsp3) is 0.222. The monoisotopic (exact) mass is 233 g/mol. The minimum Gasteiger partial charge on any atom is -0.479 e. The molecule has 0 radical (unpaired) electrons. The van der Waals surface area contributed by atoms with Gasteiger partial charge in [0.1, 0.15) is 5.75 Å². The number of amides is 1. The largest absolute Gasteiger partial charge is 0.479 e. The predicted molar refractivity (Wildman–Crippen MR) is 55.7 cm³/mol. The highest BCUT2D eigenvalue weighted by Gasteiger charge is 2.12.